The standard InChI is InChI=1S/C23H34N4O3/c1-5-29-19-8-6-18(7-9-19)23(10-12-28-13-11-23)16-26-22(24-4)25-15-20-14-21(17(2)3)27-30-20/h6-9,14,17H,5,10-13,15-16H2,1-4H3,(H2,24,25,26). The molecule has 1 fully saturated rings. The molecule has 0 amide bonds. The molecule has 1 aromatic heterocycles. The summed E-state index contributed by atoms with van der Waals surface area (Å²) in [6.45, 7) is 9.71. The largest absolute Gasteiger partial charge is 0.494 e. The van der Waals surface area contributed by atoms with Crippen LogP contribution in [-0.2, 0) is 16.7 Å². The zero-order valence-electron chi connectivity index (χ0n) is 18.5. The lowest BCUT2D eigenvalue weighted by Crippen LogP contribution is -2.47. The van der Waals surface area contributed by atoms with Crippen LogP contribution in [0.5, 0.6) is 5.75 Å². The molecule has 7 heteroatoms. The number of ether oxygens (including phenoxy) is 2. The highest BCUT2D eigenvalue weighted by Crippen LogP contribution is 2.35. The topological polar surface area (TPSA) is 80.9 Å². The second-order valence-corrected chi connectivity index (χ2v) is 8.00. The molecule has 0 radical (unpaired) electrons. The van der Waals surface area contributed by atoms with Crippen molar-refractivity contribution in [1.82, 2.24) is 15.8 Å². The summed E-state index contributed by atoms with van der Waals surface area (Å²) in [6, 6.07) is 10.5. The first-order valence-corrected chi connectivity index (χ1v) is 10.8. The van der Waals surface area contributed by atoms with Crippen LogP contribution in [0.25, 0.3) is 0 Å². The first-order chi connectivity index (χ1) is 14.6. The summed E-state index contributed by atoms with van der Waals surface area (Å²) in [5.41, 5.74) is 2.26. The Morgan fingerprint density at radius 2 is 1.93 bits per heavy atom. The highest BCUT2D eigenvalue weighted by atomic mass is 16.5. The van der Waals surface area contributed by atoms with E-state index in [0.29, 0.717) is 19.1 Å². The van der Waals surface area contributed by atoms with E-state index in [9.17, 15) is 0 Å². The summed E-state index contributed by atoms with van der Waals surface area (Å²) in [6.07, 6.45) is 1.93. The van der Waals surface area contributed by atoms with Gasteiger partial charge in [0.1, 0.15) is 5.75 Å². The van der Waals surface area contributed by atoms with Gasteiger partial charge in [0, 0.05) is 38.3 Å². The third-order valence-corrected chi connectivity index (χ3v) is 5.64. The monoisotopic (exact) mass is 414 g/mol. The first-order valence-electron chi connectivity index (χ1n) is 10.8. The van der Waals surface area contributed by atoms with Gasteiger partial charge in [0.25, 0.3) is 0 Å². The summed E-state index contributed by atoms with van der Waals surface area (Å²) in [5.74, 6) is 2.80. The summed E-state index contributed by atoms with van der Waals surface area (Å²) >= 11 is 0. The molecule has 1 aliphatic rings. The zero-order chi connectivity index (χ0) is 21.4. The minimum Gasteiger partial charge on any atom is -0.494 e. The highest BCUT2D eigenvalue weighted by molar-refractivity contribution is 5.79. The number of aliphatic imine (C=N–C) groups is 1. The van der Waals surface area contributed by atoms with E-state index < -0.39 is 0 Å². The molecule has 3 rings (SSSR count). The van der Waals surface area contributed by atoms with Gasteiger partial charge in [-0.2, -0.15) is 0 Å². The Labute approximate surface area is 179 Å². The van der Waals surface area contributed by atoms with E-state index in [1.807, 2.05) is 13.0 Å². The van der Waals surface area contributed by atoms with Crippen molar-refractivity contribution in [2.75, 3.05) is 33.4 Å². The molecule has 1 saturated heterocycles. The maximum absolute atomic E-state index is 5.65. The van der Waals surface area contributed by atoms with Crippen LogP contribution in [0, 0.1) is 0 Å². The molecular weight excluding hydrogens is 380 g/mol. The average molecular weight is 415 g/mol. The highest BCUT2D eigenvalue weighted by Gasteiger charge is 2.34. The number of nitrogens with zero attached hydrogens (tertiary/aromatic N) is 2. The SMILES string of the molecule is CCOc1ccc(C2(CNC(=NC)NCc3cc(C(C)C)no3)CCOCC2)cc1. The van der Waals surface area contributed by atoms with Crippen molar-refractivity contribution in [1.29, 1.82) is 0 Å². The summed E-state index contributed by atoms with van der Waals surface area (Å²) < 4.78 is 16.7. The first kappa shape index (κ1) is 22.2. The molecule has 30 heavy (non-hydrogen) atoms. The van der Waals surface area contributed by atoms with E-state index in [2.05, 4.69) is 58.9 Å². The molecule has 2 aromatic rings. The third-order valence-electron chi connectivity index (χ3n) is 5.64. The Balaban J connectivity index is 1.63. The van der Waals surface area contributed by atoms with Crippen LogP contribution in [-0.4, -0.2) is 44.5 Å². The number of nitrogens with one attached hydrogen (secondary N) is 2. The molecule has 0 saturated carbocycles. The van der Waals surface area contributed by atoms with Crippen molar-refractivity contribution < 1.29 is 14.0 Å². The Kier molecular flexibility index (Phi) is 7.74. The minimum absolute atomic E-state index is 0.00232. The van der Waals surface area contributed by atoms with E-state index in [1.54, 1.807) is 7.05 Å². The molecule has 0 unspecified atom stereocenters. The quantitative estimate of drug-likeness (QED) is 0.507. The van der Waals surface area contributed by atoms with Gasteiger partial charge in [-0.25, -0.2) is 0 Å². The van der Waals surface area contributed by atoms with E-state index in [0.717, 1.165) is 55.8 Å². The number of hydrogen-bond acceptors (Lipinski definition) is 5. The lowest BCUT2D eigenvalue weighted by molar-refractivity contribution is 0.0513. The van der Waals surface area contributed by atoms with Gasteiger partial charge in [-0.05, 0) is 43.4 Å². The second-order valence-electron chi connectivity index (χ2n) is 8.00. The molecule has 0 aliphatic carbocycles. The Bertz CT molecular complexity index is 808. The maximum Gasteiger partial charge on any atom is 0.191 e. The van der Waals surface area contributed by atoms with Gasteiger partial charge in [0.05, 0.1) is 18.8 Å². The van der Waals surface area contributed by atoms with Gasteiger partial charge >= 0.3 is 0 Å². The fraction of sp³-hybridized carbons (Fsp3) is 0.565. The number of benzene rings is 1. The molecule has 7 nitrogen and oxygen atoms in total. The van der Waals surface area contributed by atoms with Crippen LogP contribution in [0.1, 0.15) is 56.5 Å². The van der Waals surface area contributed by atoms with Gasteiger partial charge in [-0.3, -0.25) is 4.99 Å². The Hall–Kier alpha value is -2.54. The van der Waals surface area contributed by atoms with Crippen LogP contribution < -0.4 is 15.4 Å². The lowest BCUT2D eigenvalue weighted by atomic mass is 9.74. The van der Waals surface area contributed by atoms with Crippen LogP contribution >= 0.6 is 0 Å². The van der Waals surface area contributed by atoms with E-state index >= 15 is 0 Å². The number of hydrogen-bond donors (Lipinski definition) is 2. The van der Waals surface area contributed by atoms with Crippen molar-refractivity contribution >= 4 is 5.96 Å². The summed E-state index contributed by atoms with van der Waals surface area (Å²) in [4.78, 5) is 4.37. The molecule has 0 spiro atoms. The molecule has 1 aliphatic heterocycles. The van der Waals surface area contributed by atoms with Gasteiger partial charge in [0.15, 0.2) is 11.7 Å². The Morgan fingerprint density at radius 3 is 2.53 bits per heavy atom. The molecule has 0 bridgehead atoms. The summed E-state index contributed by atoms with van der Waals surface area (Å²) in [7, 11) is 1.78. The lowest BCUT2D eigenvalue weighted by Gasteiger charge is -2.38. The van der Waals surface area contributed by atoms with Crippen LogP contribution in [0.2, 0.25) is 0 Å². The molecule has 2 heterocycles. The molecule has 164 valence electrons. The van der Waals surface area contributed by atoms with Crippen LogP contribution in [0.4, 0.5) is 0 Å². The van der Waals surface area contributed by atoms with Gasteiger partial charge in [-0.1, -0.05) is 31.1 Å². The zero-order valence-corrected chi connectivity index (χ0v) is 18.5. The smallest absolute Gasteiger partial charge is 0.191 e. The van der Waals surface area contributed by atoms with Crippen LogP contribution in [0.15, 0.2) is 39.8 Å². The predicted octanol–water partition coefficient (Wildman–Crippen LogP) is 3.61. The van der Waals surface area contributed by atoms with Crippen molar-refractivity contribution in [3.05, 3.63) is 47.3 Å². The minimum atomic E-state index is -0.00232. The molecule has 0 atom stereocenters. The van der Waals surface area contributed by atoms with E-state index in [4.69, 9.17) is 14.0 Å². The number of rotatable bonds is 8. The third kappa shape index (κ3) is 5.53. The number of guanidine groups is 1. The van der Waals surface area contributed by atoms with Gasteiger partial charge in [-0.15, -0.1) is 0 Å². The van der Waals surface area contributed by atoms with Crippen molar-refractivity contribution in [2.24, 2.45) is 4.99 Å². The van der Waals surface area contributed by atoms with E-state index in [1.165, 1.54) is 5.56 Å². The van der Waals surface area contributed by atoms with Crippen LogP contribution in [0.3, 0.4) is 0 Å². The van der Waals surface area contributed by atoms with Crippen molar-refractivity contribution in [2.45, 2.75) is 51.5 Å². The summed E-state index contributed by atoms with van der Waals surface area (Å²) in [5, 5.41) is 10.9. The fourth-order valence-electron chi connectivity index (χ4n) is 3.73. The predicted molar refractivity (Wildman–Crippen MR) is 118 cm³/mol. The molecule has 1 aromatic carbocycles. The molecule has 2 N–H and O–H groups in total. The second kappa shape index (κ2) is 10.5. The average Bonchev–Trinajstić information content (AvgIpc) is 3.25. The normalized spacial score (nSPS) is 16.5. The van der Waals surface area contributed by atoms with Crippen molar-refractivity contribution in [3.63, 3.8) is 0 Å². The van der Waals surface area contributed by atoms with Crippen molar-refractivity contribution in [3.8, 4) is 5.75 Å². The Morgan fingerprint density at radius 1 is 1.20 bits per heavy atom. The van der Waals surface area contributed by atoms with E-state index in [-0.39, 0.29) is 5.41 Å². The van der Waals surface area contributed by atoms with Gasteiger partial charge < -0.3 is 24.6 Å². The molecular formula is C23H34N4O3. The van der Waals surface area contributed by atoms with Gasteiger partial charge in [0.2, 0.25) is 0 Å². The fourth-order valence-corrected chi connectivity index (χ4v) is 3.73. The number of aromatic nitrogens is 1. The maximum atomic E-state index is 5.65.